The summed E-state index contributed by atoms with van der Waals surface area (Å²) in [6.07, 6.45) is 5.37. The summed E-state index contributed by atoms with van der Waals surface area (Å²) < 4.78 is 28.8. The lowest BCUT2D eigenvalue weighted by Gasteiger charge is -2.45. The van der Waals surface area contributed by atoms with Gasteiger partial charge in [-0.15, -0.1) is 0 Å². The zero-order valence-corrected chi connectivity index (χ0v) is 27.6. The van der Waals surface area contributed by atoms with Crippen molar-refractivity contribution < 1.29 is 33.0 Å². The smallest absolute Gasteiger partial charge is 0.449 e. The van der Waals surface area contributed by atoms with Crippen LogP contribution in [0.3, 0.4) is 0 Å². The summed E-state index contributed by atoms with van der Waals surface area (Å²) in [5.41, 5.74) is 2.65. The van der Waals surface area contributed by atoms with Crippen molar-refractivity contribution in [1.82, 2.24) is 15.2 Å². The Balaban J connectivity index is 0.000000244. The third-order valence-electron chi connectivity index (χ3n) is 8.67. The van der Waals surface area contributed by atoms with Gasteiger partial charge in [-0.05, 0) is 99.8 Å². The second kappa shape index (κ2) is 16.6. The molecule has 0 saturated heterocycles. The van der Waals surface area contributed by atoms with Gasteiger partial charge in [-0.3, -0.25) is 4.79 Å². The summed E-state index contributed by atoms with van der Waals surface area (Å²) in [4.78, 5) is 29.9. The van der Waals surface area contributed by atoms with E-state index in [0.717, 1.165) is 43.2 Å². The fraction of sp³-hybridized carbons (Fsp3) is 0.256. The molecular weight excluding hydrogens is 625 g/mol. The molecule has 1 saturated carbocycles. The molecule has 49 heavy (non-hydrogen) atoms. The molecule has 0 aliphatic heterocycles. The predicted octanol–water partition coefficient (Wildman–Crippen LogP) is 8.16. The van der Waals surface area contributed by atoms with E-state index in [0.29, 0.717) is 29.4 Å². The molecule has 2 N–H and O–H groups in total. The van der Waals surface area contributed by atoms with Crippen LogP contribution in [0.1, 0.15) is 52.9 Å². The summed E-state index contributed by atoms with van der Waals surface area (Å²) in [6.45, 7) is 0. The Morgan fingerprint density at radius 2 is 1.57 bits per heavy atom. The third kappa shape index (κ3) is 10.0. The van der Waals surface area contributed by atoms with E-state index in [4.69, 9.17) is 14.3 Å². The van der Waals surface area contributed by atoms with Gasteiger partial charge in [0.05, 0.1) is 0 Å². The molecule has 254 valence electrons. The summed E-state index contributed by atoms with van der Waals surface area (Å²) in [5.74, 6) is 1.22. The lowest BCUT2D eigenvalue weighted by atomic mass is 9.74. The summed E-state index contributed by atoms with van der Waals surface area (Å²) in [5, 5.41) is 11.6. The number of benzene rings is 3. The number of carbonyl (C=O) groups excluding carboxylic acids is 1. The zero-order chi connectivity index (χ0) is 34.6. The highest BCUT2D eigenvalue weighted by Crippen LogP contribution is 2.36. The number of likely N-dealkylation sites (N-methyl/N-ethyl adjacent to an activating group) is 1. The first-order chi connectivity index (χ1) is 23.7. The molecule has 1 amide bonds. The third-order valence-corrected chi connectivity index (χ3v) is 8.67. The second-order valence-corrected chi connectivity index (χ2v) is 12.2. The van der Waals surface area contributed by atoms with Gasteiger partial charge in [-0.2, -0.15) is 0 Å². The van der Waals surface area contributed by atoms with Crippen molar-refractivity contribution in [2.24, 2.45) is 0 Å². The molecule has 0 atom stereocenters. The highest BCUT2D eigenvalue weighted by Gasteiger charge is 2.38. The Kier molecular flexibility index (Phi) is 11.8. The maximum absolute atomic E-state index is 13.3. The first-order valence-corrected chi connectivity index (χ1v) is 16.1. The number of ether oxygens (including phenoxy) is 2. The number of aromatic nitrogens is 1. The summed E-state index contributed by atoms with van der Waals surface area (Å²) in [7, 11) is 4.20. The molecule has 0 radical (unpaired) electrons. The molecule has 1 fully saturated rings. The number of para-hydroxylation sites is 1. The number of hydrogen-bond acceptors (Lipinski definition) is 7. The number of furan rings is 1. The van der Waals surface area contributed by atoms with Gasteiger partial charge in [0, 0.05) is 30.3 Å². The van der Waals surface area contributed by atoms with Crippen LogP contribution in [-0.2, 0) is 12.8 Å². The molecule has 2 aromatic heterocycles. The minimum absolute atomic E-state index is 0.00145. The van der Waals surface area contributed by atoms with Crippen molar-refractivity contribution in [3.05, 3.63) is 144 Å². The van der Waals surface area contributed by atoms with Crippen LogP contribution in [0.4, 0.5) is 9.18 Å². The molecule has 0 unspecified atom stereocenters. The van der Waals surface area contributed by atoms with Gasteiger partial charge in [0.15, 0.2) is 0 Å². The Morgan fingerprint density at radius 1 is 0.898 bits per heavy atom. The van der Waals surface area contributed by atoms with Crippen LogP contribution in [-0.4, -0.2) is 52.7 Å². The van der Waals surface area contributed by atoms with Gasteiger partial charge in [0.25, 0.3) is 11.9 Å². The average Bonchev–Trinajstić information content (AvgIpc) is 3.53. The Bertz CT molecular complexity index is 1790. The molecule has 0 spiro atoms. The maximum atomic E-state index is 13.3. The SMILES string of the molecule is CN(C)C1(Cc2ccc(F)cc2)CCC(NC(=O)c2cccnc2Oc2ccccc2)CC1.O=C(O)Oc1ccc(Cc2ccccc2)o1. The molecular formula is C39H40FN3O6. The van der Waals surface area contributed by atoms with E-state index in [2.05, 4.69) is 34.0 Å². The minimum atomic E-state index is -1.37. The monoisotopic (exact) mass is 665 g/mol. The fourth-order valence-electron chi connectivity index (χ4n) is 5.96. The number of rotatable bonds is 10. The van der Waals surface area contributed by atoms with Gasteiger partial charge in [-0.25, -0.2) is 14.2 Å². The largest absolute Gasteiger partial charge is 0.513 e. The van der Waals surface area contributed by atoms with Crippen molar-refractivity contribution in [3.63, 3.8) is 0 Å². The number of pyridine rings is 1. The van der Waals surface area contributed by atoms with Crippen molar-refractivity contribution in [1.29, 1.82) is 0 Å². The normalized spacial score (nSPS) is 17.0. The molecule has 6 rings (SSSR count). The van der Waals surface area contributed by atoms with E-state index in [-0.39, 0.29) is 29.3 Å². The highest BCUT2D eigenvalue weighted by molar-refractivity contribution is 5.96. The molecule has 1 aliphatic rings. The number of carbonyl (C=O) groups is 2. The Labute approximate surface area is 285 Å². The average molecular weight is 666 g/mol. The number of amides is 1. The summed E-state index contributed by atoms with van der Waals surface area (Å²) >= 11 is 0. The van der Waals surface area contributed by atoms with Crippen molar-refractivity contribution in [3.8, 4) is 17.6 Å². The second-order valence-electron chi connectivity index (χ2n) is 12.2. The van der Waals surface area contributed by atoms with Crippen LogP contribution in [0.15, 0.2) is 120 Å². The highest BCUT2D eigenvalue weighted by atomic mass is 19.1. The Morgan fingerprint density at radius 3 is 2.22 bits per heavy atom. The van der Waals surface area contributed by atoms with E-state index in [1.54, 1.807) is 24.4 Å². The minimum Gasteiger partial charge on any atom is -0.449 e. The van der Waals surface area contributed by atoms with Crippen molar-refractivity contribution >= 4 is 12.1 Å². The van der Waals surface area contributed by atoms with Crippen LogP contribution < -0.4 is 14.8 Å². The Hall–Kier alpha value is -5.48. The van der Waals surface area contributed by atoms with Crippen LogP contribution in [0.2, 0.25) is 0 Å². The number of carboxylic acid groups (broad SMARTS) is 1. The van der Waals surface area contributed by atoms with E-state index in [1.807, 2.05) is 72.8 Å². The molecule has 0 bridgehead atoms. The van der Waals surface area contributed by atoms with Crippen molar-refractivity contribution in [2.75, 3.05) is 14.1 Å². The first kappa shape index (κ1) is 34.8. The van der Waals surface area contributed by atoms with Gasteiger partial charge in [0.1, 0.15) is 22.9 Å². The van der Waals surface area contributed by atoms with Crippen LogP contribution >= 0.6 is 0 Å². The lowest BCUT2D eigenvalue weighted by Crippen LogP contribution is -2.52. The van der Waals surface area contributed by atoms with Gasteiger partial charge < -0.3 is 29.2 Å². The van der Waals surface area contributed by atoms with E-state index in [9.17, 15) is 14.0 Å². The lowest BCUT2D eigenvalue weighted by molar-refractivity contribution is 0.0768. The predicted molar refractivity (Wildman–Crippen MR) is 184 cm³/mol. The van der Waals surface area contributed by atoms with Crippen LogP contribution in [0.25, 0.3) is 0 Å². The molecule has 10 heteroatoms. The van der Waals surface area contributed by atoms with Gasteiger partial charge >= 0.3 is 6.16 Å². The molecule has 2 heterocycles. The van der Waals surface area contributed by atoms with Crippen LogP contribution in [0, 0.1) is 5.82 Å². The number of halogens is 1. The topological polar surface area (TPSA) is 114 Å². The van der Waals surface area contributed by atoms with E-state index in [1.165, 1.54) is 18.2 Å². The van der Waals surface area contributed by atoms with Crippen LogP contribution in [0.5, 0.6) is 17.6 Å². The number of nitrogens with one attached hydrogen (secondary N) is 1. The maximum Gasteiger partial charge on any atom is 0.513 e. The van der Waals surface area contributed by atoms with E-state index < -0.39 is 6.16 Å². The van der Waals surface area contributed by atoms with Gasteiger partial charge in [-0.1, -0.05) is 60.7 Å². The van der Waals surface area contributed by atoms with Gasteiger partial charge in [0.2, 0.25) is 5.88 Å². The quantitative estimate of drug-likeness (QED) is 0.144. The van der Waals surface area contributed by atoms with Crippen molar-refractivity contribution in [2.45, 2.75) is 50.1 Å². The number of nitrogens with zero attached hydrogens (tertiary/aromatic N) is 2. The standard InChI is InChI=1S/C27H30FN3O2.C12H10O4/c1-31(2)27(19-20-10-12-21(28)13-11-20)16-14-22(15-17-27)30-25(32)24-9-6-18-29-26(24)33-23-7-4-3-5-8-23;13-12(14)16-11-7-6-10(15-11)8-9-4-2-1-3-5-9/h3-13,18,22H,14-17,19H2,1-2H3,(H,30,32);1-7H,8H2,(H,13,14). The molecule has 3 aromatic carbocycles. The zero-order valence-electron chi connectivity index (χ0n) is 27.6. The number of hydrogen-bond donors (Lipinski definition) is 2. The fourth-order valence-corrected chi connectivity index (χ4v) is 5.96. The molecule has 9 nitrogen and oxygen atoms in total. The first-order valence-electron chi connectivity index (χ1n) is 16.1. The summed E-state index contributed by atoms with van der Waals surface area (Å²) in [6, 6.07) is 32.6. The van der Waals surface area contributed by atoms with E-state index >= 15 is 0 Å². The molecule has 1 aliphatic carbocycles. The molecule has 5 aromatic rings.